The second kappa shape index (κ2) is 5.78. The number of aliphatic hydroxyl groups is 1. The molecule has 1 aromatic carbocycles. The first-order chi connectivity index (χ1) is 10.0. The fourth-order valence-corrected chi connectivity index (χ4v) is 4.39. The van der Waals surface area contributed by atoms with E-state index in [-0.39, 0.29) is 6.10 Å². The summed E-state index contributed by atoms with van der Waals surface area (Å²) < 4.78 is 9.55. The lowest BCUT2D eigenvalue weighted by Crippen LogP contribution is -2.12. The molecule has 1 unspecified atom stereocenters. The van der Waals surface area contributed by atoms with Gasteiger partial charge in [0.1, 0.15) is 5.75 Å². The van der Waals surface area contributed by atoms with Crippen LogP contribution in [-0.2, 0) is 6.42 Å². The summed E-state index contributed by atoms with van der Waals surface area (Å²) in [5, 5.41) is 10.2. The number of aryl methyl sites for hydroxylation is 1. The van der Waals surface area contributed by atoms with E-state index in [0.29, 0.717) is 0 Å². The number of aliphatic hydroxyl groups excluding tert-OH is 1. The zero-order chi connectivity index (χ0) is 15.1. The van der Waals surface area contributed by atoms with Crippen molar-refractivity contribution in [2.45, 2.75) is 32.3 Å². The van der Waals surface area contributed by atoms with Crippen LogP contribution in [0.3, 0.4) is 0 Å². The normalized spacial score (nSPS) is 17.7. The Labute approximate surface area is 141 Å². The molecule has 21 heavy (non-hydrogen) atoms. The van der Waals surface area contributed by atoms with Crippen molar-refractivity contribution in [1.82, 2.24) is 4.57 Å². The van der Waals surface area contributed by atoms with Gasteiger partial charge < -0.3 is 14.4 Å². The molecule has 0 amide bonds. The molecule has 3 rings (SSSR count). The molecular weight excluding hydrogens is 398 g/mol. The predicted octanol–water partition coefficient (Wildman–Crippen LogP) is 4.69. The molecule has 1 heterocycles. The molecule has 0 fully saturated rings. The number of hydrogen-bond donors (Lipinski definition) is 1. The molecule has 5 heteroatoms. The monoisotopic (exact) mass is 413 g/mol. The van der Waals surface area contributed by atoms with Crippen LogP contribution in [0.15, 0.2) is 27.1 Å². The van der Waals surface area contributed by atoms with Crippen LogP contribution in [0.4, 0.5) is 0 Å². The van der Waals surface area contributed by atoms with E-state index in [4.69, 9.17) is 4.74 Å². The van der Waals surface area contributed by atoms with Crippen LogP contribution in [0.5, 0.6) is 5.75 Å². The summed E-state index contributed by atoms with van der Waals surface area (Å²) in [7, 11) is 1.67. The van der Waals surface area contributed by atoms with Crippen LogP contribution in [0.2, 0.25) is 0 Å². The number of halogens is 2. The highest BCUT2D eigenvalue weighted by Gasteiger charge is 2.24. The van der Waals surface area contributed by atoms with Crippen LogP contribution in [-0.4, -0.2) is 16.8 Å². The fourth-order valence-electron chi connectivity index (χ4n) is 3.06. The molecule has 0 spiro atoms. The van der Waals surface area contributed by atoms with E-state index in [1.807, 2.05) is 12.1 Å². The van der Waals surface area contributed by atoms with Gasteiger partial charge in [-0.25, -0.2) is 0 Å². The van der Waals surface area contributed by atoms with E-state index in [1.54, 1.807) is 7.11 Å². The van der Waals surface area contributed by atoms with Gasteiger partial charge in [0.2, 0.25) is 0 Å². The molecule has 1 atom stereocenters. The Morgan fingerprint density at radius 3 is 2.71 bits per heavy atom. The molecule has 0 saturated heterocycles. The minimum absolute atomic E-state index is 0.343. The average Bonchev–Trinajstić information content (AvgIpc) is 2.77. The Morgan fingerprint density at radius 2 is 2.00 bits per heavy atom. The minimum atomic E-state index is -0.343. The fraction of sp³-hybridized carbons (Fsp3) is 0.375. The highest BCUT2D eigenvalue weighted by Crippen LogP contribution is 2.38. The second-order valence-electron chi connectivity index (χ2n) is 5.37. The first-order valence-electron chi connectivity index (χ1n) is 6.95. The van der Waals surface area contributed by atoms with Crippen molar-refractivity contribution in [2.75, 3.05) is 7.11 Å². The Morgan fingerprint density at radius 1 is 1.24 bits per heavy atom. The number of fused-ring (bicyclic) bond motifs is 1. The molecule has 1 aromatic heterocycles. The standard InChI is InChI=1S/C16H17Br2NO2/c1-9-6-10-13(4-3-5-15(10)20)19(9)14-8-16(21-2)12(18)7-11(14)17/h6-8,15,20H,3-5H2,1-2H3. The molecule has 1 aliphatic rings. The maximum Gasteiger partial charge on any atom is 0.135 e. The molecule has 3 nitrogen and oxygen atoms in total. The summed E-state index contributed by atoms with van der Waals surface area (Å²) in [6, 6.07) is 6.11. The Balaban J connectivity index is 2.22. The molecule has 0 radical (unpaired) electrons. The first kappa shape index (κ1) is 15.1. The van der Waals surface area contributed by atoms with Gasteiger partial charge in [0.25, 0.3) is 0 Å². The van der Waals surface area contributed by atoms with Crippen molar-refractivity contribution >= 4 is 31.9 Å². The third-order valence-electron chi connectivity index (χ3n) is 4.03. The average molecular weight is 415 g/mol. The third kappa shape index (κ3) is 2.56. The Hall–Kier alpha value is -0.780. The zero-order valence-electron chi connectivity index (χ0n) is 12.0. The highest BCUT2D eigenvalue weighted by molar-refractivity contribution is 9.11. The van der Waals surface area contributed by atoms with Gasteiger partial charge in [-0.1, -0.05) is 0 Å². The van der Waals surface area contributed by atoms with E-state index >= 15 is 0 Å². The minimum Gasteiger partial charge on any atom is -0.495 e. The molecule has 0 bridgehead atoms. The molecule has 0 saturated carbocycles. The molecule has 2 aromatic rings. The van der Waals surface area contributed by atoms with Crippen molar-refractivity contribution < 1.29 is 9.84 Å². The smallest absolute Gasteiger partial charge is 0.135 e. The summed E-state index contributed by atoms with van der Waals surface area (Å²) in [6.07, 6.45) is 2.51. The first-order valence-corrected chi connectivity index (χ1v) is 8.54. The zero-order valence-corrected chi connectivity index (χ0v) is 15.2. The van der Waals surface area contributed by atoms with Crippen LogP contribution < -0.4 is 4.74 Å². The summed E-state index contributed by atoms with van der Waals surface area (Å²) >= 11 is 7.14. The van der Waals surface area contributed by atoms with Crippen LogP contribution in [0.1, 0.15) is 35.9 Å². The van der Waals surface area contributed by atoms with Crippen molar-refractivity contribution in [3.05, 3.63) is 44.1 Å². The van der Waals surface area contributed by atoms with Gasteiger partial charge in [-0.3, -0.25) is 0 Å². The predicted molar refractivity (Wildman–Crippen MR) is 90.4 cm³/mol. The van der Waals surface area contributed by atoms with E-state index in [2.05, 4.69) is 49.4 Å². The van der Waals surface area contributed by atoms with Gasteiger partial charge in [0.15, 0.2) is 0 Å². The quantitative estimate of drug-likeness (QED) is 0.773. The van der Waals surface area contributed by atoms with Crippen LogP contribution in [0.25, 0.3) is 5.69 Å². The van der Waals surface area contributed by atoms with E-state index in [0.717, 1.165) is 50.9 Å². The maximum absolute atomic E-state index is 10.2. The molecule has 112 valence electrons. The molecule has 1 aliphatic carbocycles. The summed E-state index contributed by atoms with van der Waals surface area (Å²) in [5.41, 5.74) is 4.44. The summed E-state index contributed by atoms with van der Waals surface area (Å²) in [5.74, 6) is 0.798. The Bertz CT molecular complexity index is 694. The number of rotatable bonds is 2. The number of methoxy groups -OCH3 is 1. The molecule has 1 N–H and O–H groups in total. The maximum atomic E-state index is 10.2. The lowest BCUT2D eigenvalue weighted by atomic mass is 9.95. The van der Waals surface area contributed by atoms with Gasteiger partial charge in [-0.15, -0.1) is 0 Å². The largest absolute Gasteiger partial charge is 0.495 e. The van der Waals surface area contributed by atoms with Crippen molar-refractivity contribution in [3.8, 4) is 11.4 Å². The third-order valence-corrected chi connectivity index (χ3v) is 5.29. The van der Waals surface area contributed by atoms with E-state index in [9.17, 15) is 5.11 Å². The van der Waals surface area contributed by atoms with E-state index in [1.165, 1.54) is 5.69 Å². The van der Waals surface area contributed by atoms with E-state index < -0.39 is 0 Å². The Kier molecular flexibility index (Phi) is 4.17. The molecule has 0 aliphatic heterocycles. The summed E-state index contributed by atoms with van der Waals surface area (Å²) in [4.78, 5) is 0. The van der Waals surface area contributed by atoms with Crippen LogP contribution >= 0.6 is 31.9 Å². The number of nitrogens with zero attached hydrogens (tertiary/aromatic N) is 1. The van der Waals surface area contributed by atoms with Crippen LogP contribution in [0, 0.1) is 6.92 Å². The molecular formula is C16H17Br2NO2. The van der Waals surface area contributed by atoms with Crippen molar-refractivity contribution in [2.24, 2.45) is 0 Å². The number of aromatic nitrogens is 1. The van der Waals surface area contributed by atoms with Crippen molar-refractivity contribution in [1.29, 1.82) is 0 Å². The highest BCUT2D eigenvalue weighted by atomic mass is 79.9. The number of benzene rings is 1. The summed E-state index contributed by atoms with van der Waals surface area (Å²) in [6.45, 7) is 2.08. The SMILES string of the molecule is COc1cc(-n2c(C)cc3c2CCCC3O)c(Br)cc1Br. The van der Waals surface area contributed by atoms with Gasteiger partial charge in [-0.2, -0.15) is 0 Å². The number of ether oxygens (including phenoxy) is 1. The van der Waals surface area contributed by atoms with Crippen molar-refractivity contribution in [3.63, 3.8) is 0 Å². The van der Waals surface area contributed by atoms with Gasteiger partial charge >= 0.3 is 0 Å². The van der Waals surface area contributed by atoms with Gasteiger partial charge in [0, 0.05) is 27.5 Å². The number of hydrogen-bond acceptors (Lipinski definition) is 2. The lowest BCUT2D eigenvalue weighted by Gasteiger charge is -2.21. The second-order valence-corrected chi connectivity index (χ2v) is 7.08. The topological polar surface area (TPSA) is 34.4 Å². The van der Waals surface area contributed by atoms with Gasteiger partial charge in [-0.05, 0) is 70.2 Å². The lowest BCUT2D eigenvalue weighted by molar-refractivity contribution is 0.156. The van der Waals surface area contributed by atoms with Gasteiger partial charge in [0.05, 0.1) is 23.4 Å².